The highest BCUT2D eigenvalue weighted by molar-refractivity contribution is 7.92. The standard InChI is InChI=1S/C22H23FN2O3S.C21H19F3N2O2S/c1-15-8-10-25(11-9-15)22-19-7-6-16(23)12-20(19)24-14-21(22)29(26,27)18-5-3-4-17(13-18)28-2;1-13-6-8-26(9-7-13)21-16-4-2-14(22)10-19(16)25-12-20(21)29(27,28)15-3-5-17(23)18(24)11-15/h3-7,12-15H,8-11H2,1-2H3;2-5,10-13H,6-9H2,1H3. The van der Waals surface area contributed by atoms with Gasteiger partial charge in [-0.1, -0.05) is 19.9 Å². The van der Waals surface area contributed by atoms with Gasteiger partial charge in [-0.3, -0.25) is 9.97 Å². The van der Waals surface area contributed by atoms with Crippen LogP contribution >= 0.6 is 0 Å². The van der Waals surface area contributed by atoms with Gasteiger partial charge in [0.2, 0.25) is 19.7 Å². The van der Waals surface area contributed by atoms with E-state index in [1.54, 1.807) is 24.3 Å². The summed E-state index contributed by atoms with van der Waals surface area (Å²) in [5, 5.41) is 1.15. The molecule has 9 nitrogen and oxygen atoms in total. The number of piperidine rings is 2. The van der Waals surface area contributed by atoms with E-state index >= 15 is 0 Å². The molecule has 2 aliphatic rings. The van der Waals surface area contributed by atoms with Crippen LogP contribution in [0, 0.1) is 35.1 Å². The van der Waals surface area contributed by atoms with Gasteiger partial charge in [0.1, 0.15) is 27.2 Å². The Balaban J connectivity index is 0.000000177. The summed E-state index contributed by atoms with van der Waals surface area (Å²) in [6.45, 7) is 7.11. The van der Waals surface area contributed by atoms with Gasteiger partial charge in [0.25, 0.3) is 0 Å². The first-order valence-corrected chi connectivity index (χ1v) is 21.9. The molecule has 4 heterocycles. The lowest BCUT2D eigenvalue weighted by atomic mass is 9.98. The molecule has 58 heavy (non-hydrogen) atoms. The van der Waals surface area contributed by atoms with Crippen LogP contribution in [0.2, 0.25) is 0 Å². The second kappa shape index (κ2) is 16.5. The van der Waals surface area contributed by atoms with Crippen molar-refractivity contribution < 1.29 is 39.1 Å². The second-order valence-corrected chi connectivity index (χ2v) is 18.7. The van der Waals surface area contributed by atoms with E-state index in [2.05, 4.69) is 28.7 Å². The van der Waals surface area contributed by atoms with Crippen molar-refractivity contribution in [3.63, 3.8) is 0 Å². The van der Waals surface area contributed by atoms with Gasteiger partial charge in [0.15, 0.2) is 11.6 Å². The summed E-state index contributed by atoms with van der Waals surface area (Å²) in [5.74, 6) is -1.66. The first kappa shape index (κ1) is 40.9. The van der Waals surface area contributed by atoms with Crippen molar-refractivity contribution in [2.45, 2.75) is 59.1 Å². The average molecular weight is 835 g/mol. The molecular weight excluding hydrogens is 793 g/mol. The highest BCUT2D eigenvalue weighted by atomic mass is 32.2. The molecule has 4 aromatic carbocycles. The molecule has 0 bridgehead atoms. The Hall–Kier alpha value is -5.28. The smallest absolute Gasteiger partial charge is 0.210 e. The lowest BCUT2D eigenvalue weighted by molar-refractivity contribution is 0.413. The number of hydrogen-bond acceptors (Lipinski definition) is 9. The van der Waals surface area contributed by atoms with Crippen LogP contribution in [-0.2, 0) is 19.7 Å². The molecule has 2 aromatic heterocycles. The number of hydrogen-bond donors (Lipinski definition) is 0. The van der Waals surface area contributed by atoms with E-state index < -0.39 is 42.9 Å². The Morgan fingerprint density at radius 2 is 1.05 bits per heavy atom. The van der Waals surface area contributed by atoms with E-state index in [9.17, 15) is 34.4 Å². The third-order valence-electron chi connectivity index (χ3n) is 10.9. The summed E-state index contributed by atoms with van der Waals surface area (Å²) in [7, 11) is -6.52. The number of ether oxygens (including phenoxy) is 1. The molecule has 0 amide bonds. The third kappa shape index (κ3) is 8.19. The first-order valence-electron chi connectivity index (χ1n) is 18.9. The topological polar surface area (TPSA) is 110 Å². The number of methoxy groups -OCH3 is 1. The third-order valence-corrected chi connectivity index (χ3v) is 14.4. The van der Waals surface area contributed by atoms with Crippen molar-refractivity contribution in [1.82, 2.24) is 9.97 Å². The zero-order chi connectivity index (χ0) is 41.4. The maximum Gasteiger partial charge on any atom is 0.210 e. The van der Waals surface area contributed by atoms with Crippen molar-refractivity contribution >= 4 is 52.9 Å². The van der Waals surface area contributed by atoms with Crippen LogP contribution in [0.5, 0.6) is 5.75 Å². The number of fused-ring (bicyclic) bond motifs is 2. The van der Waals surface area contributed by atoms with Crippen LogP contribution in [0.3, 0.4) is 0 Å². The van der Waals surface area contributed by atoms with Gasteiger partial charge >= 0.3 is 0 Å². The molecular formula is C43H42F4N4O5S2. The van der Waals surface area contributed by atoms with Crippen molar-refractivity contribution in [2.24, 2.45) is 11.8 Å². The minimum Gasteiger partial charge on any atom is -0.497 e. The minimum atomic E-state index is -4.18. The van der Waals surface area contributed by atoms with Gasteiger partial charge < -0.3 is 14.5 Å². The van der Waals surface area contributed by atoms with E-state index in [1.807, 2.05) is 4.90 Å². The molecule has 0 saturated carbocycles. The van der Waals surface area contributed by atoms with Gasteiger partial charge in [-0.15, -0.1) is 0 Å². The Morgan fingerprint density at radius 3 is 1.50 bits per heavy atom. The fourth-order valence-electron chi connectivity index (χ4n) is 7.44. The number of aromatic nitrogens is 2. The van der Waals surface area contributed by atoms with Gasteiger partial charge in [-0.25, -0.2) is 34.4 Å². The zero-order valence-electron chi connectivity index (χ0n) is 32.1. The largest absolute Gasteiger partial charge is 0.497 e. The molecule has 8 rings (SSSR count). The van der Waals surface area contributed by atoms with Crippen LogP contribution in [0.25, 0.3) is 21.8 Å². The summed E-state index contributed by atoms with van der Waals surface area (Å²) in [5.41, 5.74) is 1.81. The van der Waals surface area contributed by atoms with E-state index in [1.165, 1.54) is 55.9 Å². The summed E-state index contributed by atoms with van der Waals surface area (Å²) >= 11 is 0. The van der Waals surface area contributed by atoms with Crippen molar-refractivity contribution in [3.8, 4) is 5.75 Å². The SMILES string of the molecule is CC1CCN(c2c(S(=O)(=O)c3ccc(F)c(F)c3)cnc3cc(F)ccc23)CC1.COc1cccc(S(=O)(=O)c2cnc3cc(F)ccc3c2N2CCC(C)CC2)c1. The molecule has 6 aromatic rings. The van der Waals surface area contributed by atoms with Gasteiger partial charge in [-0.2, -0.15) is 0 Å². The van der Waals surface area contributed by atoms with E-state index in [-0.39, 0.29) is 19.6 Å². The Kier molecular flexibility index (Phi) is 11.7. The molecule has 2 aliphatic heterocycles. The zero-order valence-corrected chi connectivity index (χ0v) is 33.8. The van der Waals surface area contributed by atoms with E-state index in [0.29, 0.717) is 69.9 Å². The quantitative estimate of drug-likeness (QED) is 0.115. The predicted octanol–water partition coefficient (Wildman–Crippen LogP) is 9.17. The number of pyridine rings is 2. The summed E-state index contributed by atoms with van der Waals surface area (Å²) in [6, 6.07) is 17.2. The maximum atomic E-state index is 13.8. The van der Waals surface area contributed by atoms with Crippen LogP contribution < -0.4 is 14.5 Å². The van der Waals surface area contributed by atoms with Crippen LogP contribution in [0.15, 0.2) is 111 Å². The Morgan fingerprint density at radius 1 is 0.586 bits per heavy atom. The molecule has 2 fully saturated rings. The molecule has 304 valence electrons. The first-order chi connectivity index (χ1) is 27.7. The van der Waals surface area contributed by atoms with E-state index in [4.69, 9.17) is 4.74 Å². The highest BCUT2D eigenvalue weighted by Gasteiger charge is 2.31. The molecule has 2 saturated heterocycles. The van der Waals surface area contributed by atoms with Crippen LogP contribution in [-0.4, -0.2) is 60.1 Å². The predicted molar refractivity (Wildman–Crippen MR) is 215 cm³/mol. The lowest BCUT2D eigenvalue weighted by Gasteiger charge is -2.34. The fourth-order valence-corrected chi connectivity index (χ4v) is 10.4. The van der Waals surface area contributed by atoms with Crippen molar-refractivity contribution in [1.29, 1.82) is 0 Å². The molecule has 0 atom stereocenters. The van der Waals surface area contributed by atoms with Crippen LogP contribution in [0.1, 0.15) is 39.5 Å². The maximum absolute atomic E-state index is 13.8. The number of benzene rings is 4. The minimum absolute atomic E-state index is 0.0998. The highest BCUT2D eigenvalue weighted by Crippen LogP contribution is 2.40. The molecule has 0 spiro atoms. The summed E-state index contributed by atoms with van der Waals surface area (Å²) in [4.78, 5) is 12.3. The summed E-state index contributed by atoms with van der Waals surface area (Å²) < 4.78 is 113. The summed E-state index contributed by atoms with van der Waals surface area (Å²) in [6.07, 6.45) is 6.24. The average Bonchev–Trinajstić information content (AvgIpc) is 3.21. The molecule has 0 radical (unpaired) electrons. The Bertz CT molecular complexity index is 2720. The fraction of sp³-hybridized carbons (Fsp3) is 0.302. The van der Waals surface area contributed by atoms with Crippen LogP contribution in [0.4, 0.5) is 28.9 Å². The molecule has 0 unspecified atom stereocenters. The van der Waals surface area contributed by atoms with Crippen molar-refractivity contribution in [2.75, 3.05) is 43.1 Å². The number of anilines is 2. The second-order valence-electron chi connectivity index (χ2n) is 14.9. The van der Waals surface area contributed by atoms with Gasteiger partial charge in [0, 0.05) is 61.5 Å². The molecule has 0 aliphatic carbocycles. The van der Waals surface area contributed by atoms with Crippen molar-refractivity contribution in [3.05, 3.63) is 115 Å². The number of sulfone groups is 2. The van der Waals surface area contributed by atoms with E-state index in [0.717, 1.165) is 50.9 Å². The monoisotopic (exact) mass is 834 g/mol. The normalized spacial score (nSPS) is 15.7. The molecule has 15 heteroatoms. The number of rotatable bonds is 7. The lowest BCUT2D eigenvalue weighted by Crippen LogP contribution is -2.34. The number of nitrogens with zero attached hydrogens (tertiary/aromatic N) is 4. The van der Waals surface area contributed by atoms with Gasteiger partial charge in [0.05, 0.1) is 39.3 Å². The Labute approximate surface area is 335 Å². The van der Waals surface area contributed by atoms with Gasteiger partial charge in [-0.05, 0) is 98.2 Å². The number of halogens is 4. The molecule has 0 N–H and O–H groups in total.